The maximum Gasteiger partial charge on any atom is 0.265 e. The molecule has 0 saturated carbocycles. The molecule has 1 aliphatic heterocycles. The van der Waals surface area contributed by atoms with Gasteiger partial charge in [0.05, 0.1) is 12.2 Å². The minimum atomic E-state index is -0.356. The molecule has 2 aromatic rings. The van der Waals surface area contributed by atoms with Gasteiger partial charge in [0.2, 0.25) is 5.91 Å². The number of fused-ring (bicyclic) bond motifs is 1. The molecule has 0 atom stereocenters. The number of rotatable bonds is 5. The predicted octanol–water partition coefficient (Wildman–Crippen LogP) is 3.74. The van der Waals surface area contributed by atoms with Crippen molar-refractivity contribution in [2.75, 3.05) is 16.8 Å². The lowest BCUT2D eigenvalue weighted by Gasteiger charge is -2.30. The molecular weight excluding hydrogens is 335 g/mol. The van der Waals surface area contributed by atoms with Crippen LogP contribution in [0, 0.1) is 11.7 Å². The van der Waals surface area contributed by atoms with Crippen LogP contribution in [-0.4, -0.2) is 18.4 Å². The zero-order valence-corrected chi connectivity index (χ0v) is 14.8. The van der Waals surface area contributed by atoms with Crippen molar-refractivity contribution in [3.05, 3.63) is 53.8 Å². The summed E-state index contributed by atoms with van der Waals surface area (Å²) in [5.41, 5.74) is 1.60. The average molecular weight is 356 g/mol. The van der Waals surface area contributed by atoms with Crippen molar-refractivity contribution in [1.82, 2.24) is 0 Å². The van der Waals surface area contributed by atoms with Crippen molar-refractivity contribution in [2.45, 2.75) is 26.8 Å². The highest BCUT2D eigenvalue weighted by Gasteiger charge is 2.26. The van der Waals surface area contributed by atoms with Gasteiger partial charge in [-0.05, 0) is 24.1 Å². The Morgan fingerprint density at radius 2 is 2.04 bits per heavy atom. The third-order valence-electron chi connectivity index (χ3n) is 4.07. The number of hydrogen-bond donors (Lipinski definition) is 1. The van der Waals surface area contributed by atoms with Gasteiger partial charge in [-0.1, -0.05) is 32.0 Å². The number of benzene rings is 2. The van der Waals surface area contributed by atoms with Crippen molar-refractivity contribution in [3.63, 3.8) is 0 Å². The van der Waals surface area contributed by atoms with Crippen LogP contribution < -0.4 is 15.0 Å². The topological polar surface area (TPSA) is 58.6 Å². The molecule has 0 radical (unpaired) electrons. The summed E-state index contributed by atoms with van der Waals surface area (Å²) in [4.78, 5) is 25.7. The van der Waals surface area contributed by atoms with Gasteiger partial charge in [-0.3, -0.25) is 9.59 Å². The third-order valence-corrected chi connectivity index (χ3v) is 4.07. The zero-order valence-electron chi connectivity index (χ0n) is 14.8. The Morgan fingerprint density at radius 1 is 1.27 bits per heavy atom. The quantitative estimate of drug-likeness (QED) is 0.888. The van der Waals surface area contributed by atoms with Crippen LogP contribution in [-0.2, 0) is 16.1 Å². The fraction of sp³-hybridized carbons (Fsp3) is 0.300. The molecule has 5 nitrogen and oxygen atoms in total. The first-order chi connectivity index (χ1) is 12.4. The molecule has 0 unspecified atom stereocenters. The first kappa shape index (κ1) is 17.9. The highest BCUT2D eigenvalue weighted by Crippen LogP contribution is 2.35. The van der Waals surface area contributed by atoms with Crippen LogP contribution in [0.1, 0.15) is 25.8 Å². The van der Waals surface area contributed by atoms with Crippen LogP contribution in [0.5, 0.6) is 5.75 Å². The number of hydrogen-bond acceptors (Lipinski definition) is 3. The van der Waals surface area contributed by atoms with Gasteiger partial charge in [-0.25, -0.2) is 4.39 Å². The Bertz CT molecular complexity index is 836. The van der Waals surface area contributed by atoms with Crippen molar-refractivity contribution in [2.24, 2.45) is 5.92 Å². The van der Waals surface area contributed by atoms with Gasteiger partial charge in [0.15, 0.2) is 6.61 Å². The Balaban J connectivity index is 1.82. The SMILES string of the molecule is CC(C)CC(=O)Nc1ccc2c(c1)OCC(=O)N2Cc1ccccc1F. The maximum atomic E-state index is 13.9. The molecule has 0 aliphatic carbocycles. The van der Waals surface area contributed by atoms with Gasteiger partial charge in [0, 0.05) is 23.7 Å². The number of ether oxygens (including phenoxy) is 1. The molecule has 136 valence electrons. The summed E-state index contributed by atoms with van der Waals surface area (Å²) in [7, 11) is 0. The summed E-state index contributed by atoms with van der Waals surface area (Å²) in [6, 6.07) is 11.5. The monoisotopic (exact) mass is 356 g/mol. The number of carbonyl (C=O) groups is 2. The molecule has 0 saturated heterocycles. The van der Waals surface area contributed by atoms with E-state index in [9.17, 15) is 14.0 Å². The summed E-state index contributed by atoms with van der Waals surface area (Å²) in [5.74, 6) is 0.0827. The van der Waals surface area contributed by atoms with Crippen molar-refractivity contribution in [1.29, 1.82) is 0 Å². The number of nitrogens with one attached hydrogen (secondary N) is 1. The van der Waals surface area contributed by atoms with Crippen molar-refractivity contribution >= 4 is 23.2 Å². The first-order valence-corrected chi connectivity index (χ1v) is 8.54. The van der Waals surface area contributed by atoms with E-state index in [0.717, 1.165) is 0 Å². The van der Waals surface area contributed by atoms with Gasteiger partial charge in [0.1, 0.15) is 11.6 Å². The van der Waals surface area contributed by atoms with Gasteiger partial charge >= 0.3 is 0 Å². The molecule has 0 bridgehead atoms. The second-order valence-electron chi connectivity index (χ2n) is 6.69. The molecule has 1 aliphatic rings. The maximum absolute atomic E-state index is 13.9. The lowest BCUT2D eigenvalue weighted by Crippen LogP contribution is -2.38. The Labute approximate surface area is 151 Å². The Hall–Kier alpha value is -2.89. The van der Waals surface area contributed by atoms with Gasteiger partial charge in [-0.15, -0.1) is 0 Å². The molecule has 6 heteroatoms. The summed E-state index contributed by atoms with van der Waals surface area (Å²) in [5, 5.41) is 2.83. The van der Waals surface area contributed by atoms with E-state index in [4.69, 9.17) is 4.74 Å². The summed E-state index contributed by atoms with van der Waals surface area (Å²) >= 11 is 0. The molecule has 2 aromatic carbocycles. The van der Waals surface area contributed by atoms with Crippen LogP contribution >= 0.6 is 0 Å². The predicted molar refractivity (Wildman–Crippen MR) is 97.6 cm³/mol. The number of nitrogens with zero attached hydrogens (tertiary/aromatic N) is 1. The normalized spacial score (nSPS) is 13.4. The average Bonchev–Trinajstić information content (AvgIpc) is 2.58. The van der Waals surface area contributed by atoms with E-state index in [-0.39, 0.29) is 36.7 Å². The van der Waals surface area contributed by atoms with Crippen LogP contribution in [0.3, 0.4) is 0 Å². The van der Waals surface area contributed by atoms with E-state index in [0.29, 0.717) is 29.1 Å². The number of carbonyl (C=O) groups excluding carboxylic acids is 2. The molecule has 0 spiro atoms. The van der Waals surface area contributed by atoms with Gasteiger partial charge < -0.3 is 15.0 Å². The highest BCUT2D eigenvalue weighted by atomic mass is 19.1. The van der Waals surface area contributed by atoms with Crippen LogP contribution in [0.4, 0.5) is 15.8 Å². The molecule has 1 N–H and O–H groups in total. The second kappa shape index (κ2) is 7.56. The largest absolute Gasteiger partial charge is 0.481 e. The van der Waals surface area contributed by atoms with E-state index in [2.05, 4.69) is 5.32 Å². The van der Waals surface area contributed by atoms with Gasteiger partial charge in [0.25, 0.3) is 5.91 Å². The van der Waals surface area contributed by atoms with Crippen LogP contribution in [0.2, 0.25) is 0 Å². The van der Waals surface area contributed by atoms with E-state index >= 15 is 0 Å². The fourth-order valence-corrected chi connectivity index (χ4v) is 2.84. The lowest BCUT2D eigenvalue weighted by atomic mass is 10.1. The van der Waals surface area contributed by atoms with Crippen molar-refractivity contribution < 1.29 is 18.7 Å². The molecule has 0 aromatic heterocycles. The number of anilines is 2. The minimum Gasteiger partial charge on any atom is -0.481 e. The van der Waals surface area contributed by atoms with E-state index < -0.39 is 0 Å². The molecular formula is C20H21FN2O3. The van der Waals surface area contributed by atoms with E-state index in [1.54, 1.807) is 36.4 Å². The highest BCUT2D eigenvalue weighted by molar-refractivity contribution is 5.99. The minimum absolute atomic E-state index is 0.0740. The summed E-state index contributed by atoms with van der Waals surface area (Å²) in [6.45, 7) is 3.95. The Morgan fingerprint density at radius 3 is 2.77 bits per heavy atom. The van der Waals surface area contributed by atoms with Crippen molar-refractivity contribution in [3.8, 4) is 5.75 Å². The number of halogens is 1. The molecule has 26 heavy (non-hydrogen) atoms. The van der Waals surface area contributed by atoms with Crippen LogP contribution in [0.25, 0.3) is 0 Å². The Kier molecular flexibility index (Phi) is 5.21. The zero-order chi connectivity index (χ0) is 18.7. The summed E-state index contributed by atoms with van der Waals surface area (Å²) in [6.07, 6.45) is 0.426. The smallest absolute Gasteiger partial charge is 0.265 e. The summed E-state index contributed by atoms with van der Waals surface area (Å²) < 4.78 is 19.4. The van der Waals surface area contributed by atoms with E-state index in [1.807, 2.05) is 13.8 Å². The molecule has 2 amide bonds. The molecule has 3 rings (SSSR count). The first-order valence-electron chi connectivity index (χ1n) is 8.54. The number of amides is 2. The molecule has 1 heterocycles. The second-order valence-corrected chi connectivity index (χ2v) is 6.69. The molecule has 0 fully saturated rings. The van der Waals surface area contributed by atoms with Crippen LogP contribution in [0.15, 0.2) is 42.5 Å². The fourth-order valence-electron chi connectivity index (χ4n) is 2.84. The van der Waals surface area contributed by atoms with E-state index in [1.165, 1.54) is 11.0 Å². The standard InChI is InChI=1S/C20H21FN2O3/c1-13(2)9-19(24)22-15-7-8-17-18(10-15)26-12-20(25)23(17)11-14-5-3-4-6-16(14)21/h3-8,10,13H,9,11-12H2,1-2H3,(H,22,24). The third kappa shape index (κ3) is 4.02. The lowest BCUT2D eigenvalue weighted by molar-refractivity contribution is -0.121. The van der Waals surface area contributed by atoms with Gasteiger partial charge in [-0.2, -0.15) is 0 Å².